The number of hydrogen-bond donors (Lipinski definition) is 2. The van der Waals surface area contributed by atoms with E-state index in [2.05, 4.69) is 9.71 Å². The summed E-state index contributed by atoms with van der Waals surface area (Å²) < 4.78 is 26.7. The minimum absolute atomic E-state index is 0.258. The Balaban J connectivity index is 2.22. The van der Waals surface area contributed by atoms with Crippen molar-refractivity contribution in [3.8, 4) is 0 Å². The Morgan fingerprint density at radius 3 is 2.67 bits per heavy atom. The van der Waals surface area contributed by atoms with E-state index in [1.54, 1.807) is 24.4 Å². The fraction of sp³-hybridized carbons (Fsp3) is 0.300. The number of thiophene rings is 1. The van der Waals surface area contributed by atoms with Gasteiger partial charge in [0.25, 0.3) is 10.0 Å². The van der Waals surface area contributed by atoms with Crippen molar-refractivity contribution in [1.82, 2.24) is 4.98 Å². The second-order valence-electron chi connectivity index (χ2n) is 3.72. The molecule has 0 bridgehead atoms. The quantitative estimate of drug-likeness (QED) is 0.909. The Morgan fingerprint density at radius 2 is 2.17 bits per heavy atom. The fourth-order valence-electron chi connectivity index (χ4n) is 1.25. The lowest BCUT2D eigenvalue weighted by molar-refractivity contribution is 0.195. The SMILES string of the molecule is Cc1ccc(S(=O)(=O)Nc2nc(C(C)O)cs2)s1. The molecule has 1 unspecified atom stereocenters. The number of hydrogen-bond acceptors (Lipinski definition) is 6. The van der Waals surface area contributed by atoms with Crippen LogP contribution in [0.2, 0.25) is 0 Å². The zero-order chi connectivity index (χ0) is 13.3. The van der Waals surface area contributed by atoms with Gasteiger partial charge in [-0.3, -0.25) is 4.72 Å². The Bertz CT molecular complexity index is 643. The molecule has 8 heteroatoms. The maximum Gasteiger partial charge on any atom is 0.273 e. The Kier molecular flexibility index (Phi) is 3.71. The molecule has 0 aliphatic rings. The molecule has 5 nitrogen and oxygen atoms in total. The third-order valence-electron chi connectivity index (χ3n) is 2.15. The van der Waals surface area contributed by atoms with Gasteiger partial charge in [-0.15, -0.1) is 22.7 Å². The standard InChI is InChI=1S/C10H12N2O3S3/c1-6-3-4-9(17-6)18(14,15)12-10-11-8(5-16-10)7(2)13/h3-5,7,13H,1-2H3,(H,11,12). The summed E-state index contributed by atoms with van der Waals surface area (Å²) >= 11 is 2.35. The molecule has 0 saturated carbocycles. The number of rotatable bonds is 4. The predicted molar refractivity (Wildman–Crippen MR) is 72.6 cm³/mol. The van der Waals surface area contributed by atoms with Crippen LogP contribution < -0.4 is 4.72 Å². The predicted octanol–water partition coefficient (Wildman–Crippen LogP) is 2.37. The monoisotopic (exact) mass is 304 g/mol. The number of aryl methyl sites for hydroxylation is 1. The second kappa shape index (κ2) is 4.96. The van der Waals surface area contributed by atoms with Crippen LogP contribution in [0, 0.1) is 6.92 Å². The van der Waals surface area contributed by atoms with Gasteiger partial charge < -0.3 is 5.11 Å². The number of aliphatic hydroxyl groups is 1. The van der Waals surface area contributed by atoms with Crippen molar-refractivity contribution in [3.63, 3.8) is 0 Å². The Labute approximate surface area is 113 Å². The van der Waals surface area contributed by atoms with Gasteiger partial charge in [-0.25, -0.2) is 13.4 Å². The highest BCUT2D eigenvalue weighted by Crippen LogP contribution is 2.26. The van der Waals surface area contributed by atoms with Gasteiger partial charge in [0.05, 0.1) is 11.8 Å². The molecule has 0 aliphatic heterocycles. The minimum Gasteiger partial charge on any atom is -0.387 e. The van der Waals surface area contributed by atoms with Gasteiger partial charge in [-0.1, -0.05) is 0 Å². The van der Waals surface area contributed by atoms with Crippen LogP contribution >= 0.6 is 22.7 Å². The largest absolute Gasteiger partial charge is 0.387 e. The number of anilines is 1. The van der Waals surface area contributed by atoms with Crippen molar-refractivity contribution in [1.29, 1.82) is 0 Å². The van der Waals surface area contributed by atoms with Gasteiger partial charge in [0.1, 0.15) is 4.21 Å². The first-order valence-electron chi connectivity index (χ1n) is 5.11. The topological polar surface area (TPSA) is 79.3 Å². The van der Waals surface area contributed by atoms with Gasteiger partial charge >= 0.3 is 0 Å². The molecule has 2 N–H and O–H groups in total. The smallest absolute Gasteiger partial charge is 0.273 e. The highest BCUT2D eigenvalue weighted by molar-refractivity contribution is 7.94. The lowest BCUT2D eigenvalue weighted by Gasteiger charge is -2.02. The van der Waals surface area contributed by atoms with Gasteiger partial charge in [-0.2, -0.15) is 0 Å². The first-order chi connectivity index (χ1) is 8.38. The number of sulfonamides is 1. The summed E-state index contributed by atoms with van der Waals surface area (Å²) in [6.45, 7) is 3.43. The average molecular weight is 304 g/mol. The molecule has 1 atom stereocenters. The third-order valence-corrected chi connectivity index (χ3v) is 5.89. The number of nitrogens with zero attached hydrogens (tertiary/aromatic N) is 1. The van der Waals surface area contributed by atoms with E-state index >= 15 is 0 Å². The molecule has 0 spiro atoms. The van der Waals surface area contributed by atoms with Crippen LogP contribution in [0.5, 0.6) is 0 Å². The molecule has 0 aromatic carbocycles. The average Bonchev–Trinajstić information content (AvgIpc) is 2.86. The lowest BCUT2D eigenvalue weighted by atomic mass is 10.3. The summed E-state index contributed by atoms with van der Waals surface area (Å²) in [5.41, 5.74) is 0.458. The number of thiazole rings is 1. The van der Waals surface area contributed by atoms with Crippen LogP contribution in [-0.4, -0.2) is 18.5 Å². The molecule has 98 valence electrons. The fourth-order valence-corrected chi connectivity index (χ4v) is 4.58. The van der Waals surface area contributed by atoms with E-state index in [1.807, 2.05) is 6.92 Å². The summed E-state index contributed by atoms with van der Waals surface area (Å²) in [5.74, 6) is 0. The highest BCUT2D eigenvalue weighted by atomic mass is 32.2. The summed E-state index contributed by atoms with van der Waals surface area (Å²) in [6, 6.07) is 3.31. The van der Waals surface area contributed by atoms with Crippen LogP contribution in [-0.2, 0) is 10.0 Å². The number of nitrogens with one attached hydrogen (secondary N) is 1. The van der Waals surface area contributed by atoms with Crippen LogP contribution in [0.1, 0.15) is 23.6 Å². The maximum atomic E-state index is 12.0. The van der Waals surface area contributed by atoms with E-state index in [0.717, 1.165) is 16.2 Å². The van der Waals surface area contributed by atoms with Crippen molar-refractivity contribution in [3.05, 3.63) is 28.1 Å². The molecular weight excluding hydrogens is 292 g/mol. The Morgan fingerprint density at radius 1 is 1.44 bits per heavy atom. The van der Waals surface area contributed by atoms with E-state index in [0.29, 0.717) is 5.69 Å². The number of aromatic nitrogens is 1. The zero-order valence-electron chi connectivity index (χ0n) is 9.75. The van der Waals surface area contributed by atoms with Crippen molar-refractivity contribution in [2.75, 3.05) is 4.72 Å². The van der Waals surface area contributed by atoms with Crippen molar-refractivity contribution in [2.24, 2.45) is 0 Å². The summed E-state index contributed by atoms with van der Waals surface area (Å²) in [4.78, 5) is 4.94. The minimum atomic E-state index is -3.57. The van der Waals surface area contributed by atoms with E-state index in [-0.39, 0.29) is 9.34 Å². The van der Waals surface area contributed by atoms with Gasteiger partial charge in [-0.05, 0) is 26.0 Å². The molecule has 0 radical (unpaired) electrons. The first-order valence-corrected chi connectivity index (χ1v) is 8.29. The van der Waals surface area contributed by atoms with Gasteiger partial charge in [0.2, 0.25) is 0 Å². The summed E-state index contributed by atoms with van der Waals surface area (Å²) in [7, 11) is -3.57. The lowest BCUT2D eigenvalue weighted by Crippen LogP contribution is -2.11. The molecule has 2 aromatic rings. The molecule has 0 amide bonds. The zero-order valence-corrected chi connectivity index (χ0v) is 12.2. The molecule has 2 aromatic heterocycles. The molecule has 0 fully saturated rings. The normalized spacial score (nSPS) is 13.5. The van der Waals surface area contributed by atoms with Crippen molar-refractivity contribution in [2.45, 2.75) is 24.2 Å². The second-order valence-corrected chi connectivity index (χ2v) is 7.78. The highest BCUT2D eigenvalue weighted by Gasteiger charge is 2.18. The van der Waals surface area contributed by atoms with Crippen LogP contribution in [0.15, 0.2) is 21.7 Å². The maximum absolute atomic E-state index is 12.0. The van der Waals surface area contributed by atoms with Crippen molar-refractivity contribution >= 4 is 37.8 Å². The van der Waals surface area contributed by atoms with Crippen LogP contribution in [0.25, 0.3) is 0 Å². The molecule has 0 aliphatic carbocycles. The first kappa shape index (κ1) is 13.5. The van der Waals surface area contributed by atoms with E-state index < -0.39 is 16.1 Å². The van der Waals surface area contributed by atoms with Crippen LogP contribution in [0.3, 0.4) is 0 Å². The van der Waals surface area contributed by atoms with Crippen LogP contribution in [0.4, 0.5) is 5.13 Å². The van der Waals surface area contributed by atoms with E-state index in [9.17, 15) is 13.5 Å². The molecular formula is C10H12N2O3S3. The molecule has 18 heavy (non-hydrogen) atoms. The Hall–Kier alpha value is -0.960. The molecule has 2 heterocycles. The van der Waals surface area contributed by atoms with Gasteiger partial charge in [0.15, 0.2) is 5.13 Å². The van der Waals surface area contributed by atoms with Crippen molar-refractivity contribution < 1.29 is 13.5 Å². The molecule has 2 rings (SSSR count). The van der Waals surface area contributed by atoms with E-state index in [4.69, 9.17) is 0 Å². The summed E-state index contributed by atoms with van der Waals surface area (Å²) in [6.07, 6.45) is -0.705. The molecule has 0 saturated heterocycles. The summed E-state index contributed by atoms with van der Waals surface area (Å²) in [5, 5.41) is 11.2. The van der Waals surface area contributed by atoms with Gasteiger partial charge in [0, 0.05) is 10.3 Å². The number of aliphatic hydroxyl groups excluding tert-OH is 1. The third kappa shape index (κ3) is 2.89. The van der Waals surface area contributed by atoms with E-state index in [1.165, 1.54) is 11.3 Å².